The van der Waals surface area contributed by atoms with E-state index in [0.29, 0.717) is 22.0 Å². The molecule has 1 atom stereocenters. The van der Waals surface area contributed by atoms with Crippen molar-refractivity contribution in [2.75, 3.05) is 11.9 Å². The summed E-state index contributed by atoms with van der Waals surface area (Å²) in [5.74, 6) is -0.326. The second-order valence-electron chi connectivity index (χ2n) is 7.14. The molecule has 0 bridgehead atoms. The van der Waals surface area contributed by atoms with Gasteiger partial charge in [-0.05, 0) is 49.8 Å². The number of fused-ring (bicyclic) bond motifs is 1. The third-order valence-electron chi connectivity index (χ3n) is 4.84. The summed E-state index contributed by atoms with van der Waals surface area (Å²) in [4.78, 5) is 26.1. The van der Waals surface area contributed by atoms with Gasteiger partial charge in [0.05, 0.1) is 24.1 Å². The molecule has 0 saturated carbocycles. The zero-order valence-corrected chi connectivity index (χ0v) is 17.8. The van der Waals surface area contributed by atoms with Crippen LogP contribution in [0.15, 0.2) is 41.6 Å². The van der Waals surface area contributed by atoms with Crippen LogP contribution in [-0.2, 0) is 22.4 Å². The number of hydrogen-bond acceptors (Lipinski definition) is 7. The zero-order valence-electron chi connectivity index (χ0n) is 17.0. The summed E-state index contributed by atoms with van der Waals surface area (Å²) < 4.78 is 5.24. The van der Waals surface area contributed by atoms with E-state index in [1.54, 1.807) is 25.1 Å². The average molecular weight is 428 g/mol. The van der Waals surface area contributed by atoms with Gasteiger partial charge in [0.1, 0.15) is 10.8 Å². The van der Waals surface area contributed by atoms with Crippen LogP contribution in [0.25, 0.3) is 0 Å². The van der Waals surface area contributed by atoms with Crippen molar-refractivity contribution in [2.45, 2.75) is 33.1 Å². The molecule has 1 aliphatic rings. The molecular formula is C22H25N3O4S. The second-order valence-corrected chi connectivity index (χ2v) is 8.24. The van der Waals surface area contributed by atoms with E-state index < -0.39 is 11.9 Å². The van der Waals surface area contributed by atoms with E-state index in [2.05, 4.69) is 29.3 Å². The Morgan fingerprint density at radius 3 is 2.90 bits per heavy atom. The summed E-state index contributed by atoms with van der Waals surface area (Å²) in [5.41, 5.74) is 4.40. The van der Waals surface area contributed by atoms with E-state index in [-0.39, 0.29) is 18.1 Å². The molecule has 0 aliphatic heterocycles. The maximum atomic E-state index is 12.6. The Hall–Kier alpha value is -3.13. The maximum Gasteiger partial charge on any atom is 0.341 e. The number of amides is 1. The largest absolute Gasteiger partial charge is 0.507 e. The first kappa shape index (κ1) is 21.6. The molecular weight excluding hydrogens is 402 g/mol. The van der Waals surface area contributed by atoms with Crippen LogP contribution in [0.1, 0.15) is 46.6 Å². The predicted octanol–water partition coefficient (Wildman–Crippen LogP) is 3.83. The van der Waals surface area contributed by atoms with Gasteiger partial charge in [-0.25, -0.2) is 10.2 Å². The Morgan fingerprint density at radius 1 is 1.40 bits per heavy atom. The Morgan fingerprint density at radius 2 is 2.17 bits per heavy atom. The number of nitrogens with zero attached hydrogens (tertiary/aromatic N) is 1. The van der Waals surface area contributed by atoms with Crippen molar-refractivity contribution in [3.8, 4) is 5.75 Å². The number of esters is 1. The molecule has 1 amide bonds. The van der Waals surface area contributed by atoms with Crippen molar-refractivity contribution in [1.29, 1.82) is 0 Å². The van der Waals surface area contributed by atoms with Crippen LogP contribution < -0.4 is 10.7 Å². The molecule has 3 rings (SSSR count). The van der Waals surface area contributed by atoms with Gasteiger partial charge in [0, 0.05) is 10.4 Å². The van der Waals surface area contributed by atoms with Crippen LogP contribution >= 0.6 is 11.3 Å². The van der Waals surface area contributed by atoms with Crippen molar-refractivity contribution in [3.05, 3.63) is 58.1 Å². The molecule has 30 heavy (non-hydrogen) atoms. The van der Waals surface area contributed by atoms with E-state index in [1.165, 1.54) is 23.6 Å². The highest BCUT2D eigenvalue weighted by Gasteiger charge is 2.29. The number of hydrazone groups is 1. The molecule has 7 nitrogen and oxygen atoms in total. The number of phenols is 1. The van der Waals surface area contributed by atoms with Crippen LogP contribution in [0.3, 0.4) is 0 Å². The predicted molar refractivity (Wildman–Crippen MR) is 118 cm³/mol. The molecule has 1 aromatic carbocycles. The highest BCUT2D eigenvalue weighted by atomic mass is 32.1. The number of carbonyl (C=O) groups excluding carboxylic acids is 2. The molecule has 0 radical (unpaired) electrons. The number of nitrogens with one attached hydrogen (secondary N) is 2. The number of aromatic hydroxyl groups is 1. The van der Waals surface area contributed by atoms with E-state index in [4.69, 9.17) is 4.74 Å². The molecule has 0 saturated heterocycles. The van der Waals surface area contributed by atoms with E-state index >= 15 is 0 Å². The fourth-order valence-corrected chi connectivity index (χ4v) is 4.70. The molecule has 158 valence electrons. The summed E-state index contributed by atoms with van der Waals surface area (Å²) >= 11 is 1.46. The minimum atomic E-state index is -0.545. The van der Waals surface area contributed by atoms with Gasteiger partial charge in [-0.3, -0.25) is 4.79 Å². The highest BCUT2D eigenvalue weighted by molar-refractivity contribution is 7.16. The van der Waals surface area contributed by atoms with E-state index in [0.717, 1.165) is 29.7 Å². The fraction of sp³-hybridized carbons (Fsp3) is 0.318. The number of para-hydroxylation sites is 1. The molecule has 2 aromatic rings. The normalized spacial score (nSPS) is 15.5. The highest BCUT2D eigenvalue weighted by Crippen LogP contribution is 2.40. The third-order valence-corrected chi connectivity index (χ3v) is 6.01. The number of ether oxygens (including phenoxy) is 1. The molecule has 1 aliphatic carbocycles. The Balaban J connectivity index is 1.73. The lowest BCUT2D eigenvalue weighted by Crippen LogP contribution is -2.23. The van der Waals surface area contributed by atoms with Gasteiger partial charge < -0.3 is 15.2 Å². The molecule has 0 spiro atoms. The van der Waals surface area contributed by atoms with Crippen LogP contribution in [-0.4, -0.2) is 29.8 Å². The summed E-state index contributed by atoms with van der Waals surface area (Å²) in [7, 11) is 0. The lowest BCUT2D eigenvalue weighted by Gasteiger charge is -2.18. The average Bonchev–Trinajstić information content (AvgIpc) is 3.06. The van der Waals surface area contributed by atoms with Gasteiger partial charge in [0.25, 0.3) is 5.91 Å². The third kappa shape index (κ3) is 4.88. The molecule has 3 N–H and O–H groups in total. The monoisotopic (exact) mass is 427 g/mol. The van der Waals surface area contributed by atoms with E-state index in [9.17, 15) is 14.7 Å². The van der Waals surface area contributed by atoms with Crippen molar-refractivity contribution < 1.29 is 19.4 Å². The van der Waals surface area contributed by atoms with Gasteiger partial charge in [0.2, 0.25) is 0 Å². The first-order valence-electron chi connectivity index (χ1n) is 9.79. The van der Waals surface area contributed by atoms with Crippen molar-refractivity contribution >= 4 is 34.4 Å². The number of phenolic OH excluding ortho intramolecular Hbond substituents is 1. The first-order valence-corrected chi connectivity index (χ1v) is 10.6. The van der Waals surface area contributed by atoms with E-state index in [1.807, 2.05) is 0 Å². The SMILES string of the molecule is C=C(Nc1sc2c(c1C(=O)OCC)CCC(C)C2)C(=O)N/N=C/c1ccccc1O. The number of rotatable bonds is 7. The van der Waals surface area contributed by atoms with Gasteiger partial charge in [0.15, 0.2) is 0 Å². The van der Waals surface area contributed by atoms with Gasteiger partial charge in [-0.2, -0.15) is 5.10 Å². The van der Waals surface area contributed by atoms with Crippen LogP contribution in [0, 0.1) is 5.92 Å². The lowest BCUT2D eigenvalue weighted by atomic mass is 9.88. The van der Waals surface area contributed by atoms with Gasteiger partial charge in [-0.15, -0.1) is 11.3 Å². The summed E-state index contributed by atoms with van der Waals surface area (Å²) in [5, 5.41) is 17.1. The number of hydrogen-bond donors (Lipinski definition) is 3. The summed E-state index contributed by atoms with van der Waals surface area (Å²) in [6, 6.07) is 6.64. The number of benzene rings is 1. The number of anilines is 1. The minimum Gasteiger partial charge on any atom is -0.507 e. The van der Waals surface area contributed by atoms with Crippen molar-refractivity contribution in [3.63, 3.8) is 0 Å². The number of carbonyl (C=O) groups is 2. The summed E-state index contributed by atoms with van der Waals surface area (Å²) in [6.45, 7) is 8.00. The maximum absolute atomic E-state index is 12.6. The standard InChI is InChI=1S/C22H25N3O4S/c1-4-29-22(28)19-16-10-9-13(2)11-18(16)30-21(19)24-14(3)20(27)25-23-12-15-7-5-6-8-17(15)26/h5-8,12-13,24,26H,3-4,9-11H2,1-2H3,(H,25,27)/b23-12+. The Kier molecular flexibility index (Phi) is 6.89. The quantitative estimate of drug-likeness (QED) is 0.270. The molecule has 0 fully saturated rings. The minimum absolute atomic E-state index is 0.0571. The van der Waals surface area contributed by atoms with Crippen molar-refractivity contribution in [1.82, 2.24) is 5.43 Å². The molecule has 1 heterocycles. The van der Waals surface area contributed by atoms with Gasteiger partial charge in [-0.1, -0.05) is 25.6 Å². The van der Waals surface area contributed by atoms with Crippen LogP contribution in [0.2, 0.25) is 0 Å². The Labute approximate surface area is 179 Å². The van der Waals surface area contributed by atoms with Crippen molar-refractivity contribution in [2.24, 2.45) is 11.0 Å². The number of thiophene rings is 1. The molecule has 1 unspecified atom stereocenters. The zero-order chi connectivity index (χ0) is 21.7. The second kappa shape index (κ2) is 9.58. The lowest BCUT2D eigenvalue weighted by molar-refractivity contribution is -0.117. The van der Waals surface area contributed by atoms with Crippen LogP contribution in [0.5, 0.6) is 5.75 Å². The Bertz CT molecular complexity index is 996. The van der Waals surface area contributed by atoms with Gasteiger partial charge >= 0.3 is 5.97 Å². The molecule has 1 aromatic heterocycles. The topological polar surface area (TPSA) is 100 Å². The molecule has 8 heteroatoms. The smallest absolute Gasteiger partial charge is 0.341 e. The first-order chi connectivity index (χ1) is 14.4. The van der Waals surface area contributed by atoms with Crippen LogP contribution in [0.4, 0.5) is 5.00 Å². The summed E-state index contributed by atoms with van der Waals surface area (Å²) in [6.07, 6.45) is 4.07. The fourth-order valence-electron chi connectivity index (χ4n) is 3.28.